The Morgan fingerprint density at radius 1 is 0.968 bits per heavy atom. The number of hydrogen-bond donors (Lipinski definition) is 2. The molecule has 0 bridgehead atoms. The van der Waals surface area contributed by atoms with Crippen LogP contribution in [0.25, 0.3) is 0 Å². The maximum absolute atomic E-state index is 11.3. The lowest BCUT2D eigenvalue weighted by molar-refractivity contribution is -0.0972. The Kier molecular flexibility index (Phi) is 6.75. The zero-order chi connectivity index (χ0) is 22.6. The maximum atomic E-state index is 11.3. The highest BCUT2D eigenvalue weighted by Gasteiger charge is 2.61. The zero-order valence-electron chi connectivity index (χ0n) is 21.2. The summed E-state index contributed by atoms with van der Waals surface area (Å²) in [6, 6.07) is 0. The quantitative estimate of drug-likeness (QED) is 0.446. The van der Waals surface area contributed by atoms with E-state index in [1.807, 2.05) is 0 Å². The normalized spacial score (nSPS) is 46.7. The van der Waals surface area contributed by atoms with Crippen molar-refractivity contribution in [2.24, 2.45) is 52.3 Å². The first-order chi connectivity index (χ1) is 14.6. The van der Waals surface area contributed by atoms with Gasteiger partial charge < -0.3 is 10.2 Å². The molecule has 0 unspecified atom stereocenters. The molecule has 0 aromatic heterocycles. The van der Waals surface area contributed by atoms with Crippen molar-refractivity contribution in [2.75, 3.05) is 0 Å². The molecule has 31 heavy (non-hydrogen) atoms. The molecule has 0 amide bonds. The second kappa shape index (κ2) is 8.79. The molecule has 0 heterocycles. The first-order valence-corrected chi connectivity index (χ1v) is 13.7. The van der Waals surface area contributed by atoms with Crippen molar-refractivity contribution in [1.82, 2.24) is 0 Å². The molecule has 3 fully saturated rings. The van der Waals surface area contributed by atoms with Crippen LogP contribution in [0.2, 0.25) is 0 Å². The molecule has 0 radical (unpaired) electrons. The van der Waals surface area contributed by atoms with Gasteiger partial charge in [0.25, 0.3) is 0 Å². The second-order valence-corrected chi connectivity index (χ2v) is 13.0. The van der Waals surface area contributed by atoms with E-state index < -0.39 is 0 Å². The summed E-state index contributed by atoms with van der Waals surface area (Å²) in [6.07, 6.45) is 13.9. The standard InChI is InChI=1S/C29H50O2/c1-7-20(18(2)3)9-8-19(4)23-10-11-24-27-25(13-15-29(23,24)6)28(5)14-12-22(30)16-21(28)17-26(27)31/h17-20,22-27,30-31H,7-16H2,1-6H3/t19-,20-,22+,23-,24+,25+,26+,27+,28+,29-/m1/s1. The Hall–Kier alpha value is -0.340. The molecule has 2 N–H and O–H groups in total. The van der Waals surface area contributed by atoms with E-state index in [0.29, 0.717) is 23.2 Å². The smallest absolute Gasteiger partial charge is 0.0757 e. The van der Waals surface area contributed by atoms with Gasteiger partial charge in [-0.15, -0.1) is 0 Å². The van der Waals surface area contributed by atoms with Crippen LogP contribution in [-0.4, -0.2) is 22.4 Å². The van der Waals surface area contributed by atoms with Gasteiger partial charge in [0, 0.05) is 0 Å². The number of aliphatic hydroxyl groups excluding tert-OH is 2. The SMILES string of the molecule is CC[C@H](CC[C@@H](C)[C@H]1CC[C@H]2[C@@H]3[C@@H](O)C=C4C[C@@H](O)CC[C@]4(C)[C@H]3CC[C@]12C)C(C)C. The summed E-state index contributed by atoms with van der Waals surface area (Å²) in [5.41, 5.74) is 1.97. The average Bonchev–Trinajstić information content (AvgIpc) is 3.06. The summed E-state index contributed by atoms with van der Waals surface area (Å²) in [5.74, 6) is 4.99. The predicted molar refractivity (Wildman–Crippen MR) is 130 cm³/mol. The molecule has 0 aliphatic heterocycles. The highest BCUT2D eigenvalue weighted by Crippen LogP contribution is 2.67. The fourth-order valence-corrected chi connectivity index (χ4v) is 9.29. The summed E-state index contributed by atoms with van der Waals surface area (Å²) in [5, 5.41) is 21.6. The van der Waals surface area contributed by atoms with Crippen LogP contribution >= 0.6 is 0 Å². The van der Waals surface area contributed by atoms with Gasteiger partial charge in [-0.25, -0.2) is 0 Å². The van der Waals surface area contributed by atoms with Crippen molar-refractivity contribution < 1.29 is 10.2 Å². The molecular formula is C29H50O2. The second-order valence-electron chi connectivity index (χ2n) is 13.0. The molecule has 3 saturated carbocycles. The lowest BCUT2D eigenvalue weighted by Crippen LogP contribution is -2.54. The van der Waals surface area contributed by atoms with E-state index in [4.69, 9.17) is 0 Å². The Morgan fingerprint density at radius 2 is 1.71 bits per heavy atom. The largest absolute Gasteiger partial charge is 0.393 e. The number of hydrogen-bond acceptors (Lipinski definition) is 2. The first-order valence-electron chi connectivity index (χ1n) is 13.7. The topological polar surface area (TPSA) is 40.5 Å². The van der Waals surface area contributed by atoms with Crippen LogP contribution < -0.4 is 0 Å². The number of aliphatic hydroxyl groups is 2. The third-order valence-electron chi connectivity index (χ3n) is 11.3. The molecule has 4 rings (SSSR count). The molecule has 178 valence electrons. The summed E-state index contributed by atoms with van der Waals surface area (Å²) < 4.78 is 0. The highest BCUT2D eigenvalue weighted by molar-refractivity contribution is 5.27. The van der Waals surface area contributed by atoms with E-state index in [-0.39, 0.29) is 17.6 Å². The molecular weight excluding hydrogens is 380 g/mol. The molecule has 0 aromatic carbocycles. The van der Waals surface area contributed by atoms with Gasteiger partial charge in [0.2, 0.25) is 0 Å². The minimum absolute atomic E-state index is 0.202. The van der Waals surface area contributed by atoms with Gasteiger partial charge in [0.15, 0.2) is 0 Å². The predicted octanol–water partition coefficient (Wildman–Crippen LogP) is 7.00. The van der Waals surface area contributed by atoms with Crippen molar-refractivity contribution in [1.29, 1.82) is 0 Å². The van der Waals surface area contributed by atoms with Gasteiger partial charge >= 0.3 is 0 Å². The van der Waals surface area contributed by atoms with Gasteiger partial charge in [0.05, 0.1) is 12.2 Å². The molecule has 0 aromatic rings. The molecule has 10 atom stereocenters. The van der Waals surface area contributed by atoms with Gasteiger partial charge in [0.1, 0.15) is 0 Å². The van der Waals surface area contributed by atoms with Crippen LogP contribution in [0, 0.1) is 52.3 Å². The van der Waals surface area contributed by atoms with Crippen molar-refractivity contribution in [3.63, 3.8) is 0 Å². The van der Waals surface area contributed by atoms with Crippen LogP contribution in [0.5, 0.6) is 0 Å². The van der Waals surface area contributed by atoms with E-state index in [1.165, 1.54) is 50.5 Å². The summed E-state index contributed by atoms with van der Waals surface area (Å²) in [4.78, 5) is 0. The van der Waals surface area contributed by atoms with Crippen LogP contribution in [0.15, 0.2) is 11.6 Å². The maximum Gasteiger partial charge on any atom is 0.0757 e. The number of rotatable bonds is 6. The fraction of sp³-hybridized carbons (Fsp3) is 0.931. The van der Waals surface area contributed by atoms with Crippen LogP contribution in [0.4, 0.5) is 0 Å². The zero-order valence-corrected chi connectivity index (χ0v) is 21.2. The number of fused-ring (bicyclic) bond motifs is 5. The Labute approximate surface area is 192 Å². The van der Waals surface area contributed by atoms with Crippen molar-refractivity contribution in [3.8, 4) is 0 Å². The Bertz CT molecular complexity index is 668. The van der Waals surface area contributed by atoms with Gasteiger partial charge in [-0.05, 0) is 104 Å². The minimum Gasteiger partial charge on any atom is -0.393 e. The average molecular weight is 431 g/mol. The van der Waals surface area contributed by atoms with Crippen LogP contribution in [-0.2, 0) is 0 Å². The first kappa shape index (κ1) is 23.8. The van der Waals surface area contributed by atoms with Crippen LogP contribution in [0.3, 0.4) is 0 Å². The lowest BCUT2D eigenvalue weighted by atomic mass is 9.46. The van der Waals surface area contributed by atoms with E-state index in [2.05, 4.69) is 47.6 Å². The molecule has 2 nitrogen and oxygen atoms in total. The fourth-order valence-electron chi connectivity index (χ4n) is 9.29. The van der Waals surface area contributed by atoms with Gasteiger partial charge in [-0.3, -0.25) is 0 Å². The third kappa shape index (κ3) is 3.96. The van der Waals surface area contributed by atoms with Crippen molar-refractivity contribution in [3.05, 3.63) is 11.6 Å². The Morgan fingerprint density at radius 3 is 2.39 bits per heavy atom. The van der Waals surface area contributed by atoms with E-state index in [0.717, 1.165) is 42.9 Å². The van der Waals surface area contributed by atoms with Crippen molar-refractivity contribution in [2.45, 2.75) is 118 Å². The molecule has 0 saturated heterocycles. The monoisotopic (exact) mass is 430 g/mol. The highest BCUT2D eigenvalue weighted by atomic mass is 16.3. The van der Waals surface area contributed by atoms with E-state index in [1.54, 1.807) is 0 Å². The molecule has 4 aliphatic carbocycles. The van der Waals surface area contributed by atoms with Crippen molar-refractivity contribution >= 4 is 0 Å². The minimum atomic E-state index is -0.303. The van der Waals surface area contributed by atoms with Gasteiger partial charge in [-0.1, -0.05) is 66.0 Å². The molecule has 0 spiro atoms. The summed E-state index contributed by atoms with van der Waals surface area (Å²) >= 11 is 0. The summed E-state index contributed by atoms with van der Waals surface area (Å²) in [6.45, 7) is 14.7. The Balaban J connectivity index is 1.52. The van der Waals surface area contributed by atoms with Crippen LogP contribution in [0.1, 0.15) is 106 Å². The van der Waals surface area contributed by atoms with E-state index >= 15 is 0 Å². The summed E-state index contributed by atoms with van der Waals surface area (Å²) in [7, 11) is 0. The van der Waals surface area contributed by atoms with E-state index in [9.17, 15) is 10.2 Å². The third-order valence-corrected chi connectivity index (χ3v) is 11.3. The lowest BCUT2D eigenvalue weighted by Gasteiger charge is -2.59. The molecule has 2 heteroatoms. The molecule has 4 aliphatic rings. The van der Waals surface area contributed by atoms with Gasteiger partial charge in [-0.2, -0.15) is 0 Å².